The first-order chi connectivity index (χ1) is 9.66. The van der Waals surface area contributed by atoms with E-state index in [2.05, 4.69) is 10.9 Å². The van der Waals surface area contributed by atoms with Crippen LogP contribution < -0.4 is 10.9 Å². The van der Waals surface area contributed by atoms with Crippen LogP contribution in [-0.2, 0) is 0 Å². The Hall–Kier alpha value is -2.17. The second kappa shape index (κ2) is 5.07. The molecule has 5 heteroatoms. The van der Waals surface area contributed by atoms with Crippen LogP contribution in [0.5, 0.6) is 0 Å². The zero-order valence-corrected chi connectivity index (χ0v) is 11.1. The highest BCUT2D eigenvalue weighted by atomic mass is 35.5. The third kappa shape index (κ3) is 2.19. The van der Waals surface area contributed by atoms with Crippen LogP contribution in [0.2, 0.25) is 5.02 Å². The number of hydrogen-bond acceptors (Lipinski definition) is 4. The Kier molecular flexibility index (Phi) is 3.26. The van der Waals surface area contributed by atoms with Gasteiger partial charge in [-0.3, -0.25) is 9.59 Å². The maximum Gasteiger partial charge on any atom is 0.190 e. The number of carbonyl (C=O) groups is 2. The average Bonchev–Trinajstić information content (AvgIpc) is 2.71. The van der Waals surface area contributed by atoms with Crippen molar-refractivity contribution in [3.05, 3.63) is 64.7 Å². The normalized spacial score (nSPS) is 14.4. The summed E-state index contributed by atoms with van der Waals surface area (Å²) in [5.74, 6) is -0.431. The predicted molar refractivity (Wildman–Crippen MR) is 77.1 cm³/mol. The molecule has 100 valence electrons. The molecule has 0 saturated heterocycles. The molecule has 0 spiro atoms. The first kappa shape index (κ1) is 12.8. The van der Waals surface area contributed by atoms with Crippen LogP contribution in [0.1, 0.15) is 20.7 Å². The molecule has 0 fully saturated rings. The van der Waals surface area contributed by atoms with Gasteiger partial charge in [-0.15, -0.1) is 0 Å². The van der Waals surface area contributed by atoms with Crippen LogP contribution >= 0.6 is 11.6 Å². The first-order valence-corrected chi connectivity index (χ1v) is 6.49. The molecule has 2 N–H and O–H groups in total. The molecule has 0 saturated carbocycles. The second-order valence-corrected chi connectivity index (χ2v) is 4.92. The number of anilines is 1. The van der Waals surface area contributed by atoms with Gasteiger partial charge in [0.2, 0.25) is 0 Å². The van der Waals surface area contributed by atoms with Crippen LogP contribution in [-0.4, -0.2) is 17.6 Å². The van der Waals surface area contributed by atoms with E-state index >= 15 is 0 Å². The zero-order chi connectivity index (χ0) is 14.1. The molecule has 20 heavy (non-hydrogen) atoms. The molecular weight excluding hydrogens is 276 g/mol. The summed E-state index contributed by atoms with van der Waals surface area (Å²) in [5.41, 5.74) is 7.29. The Balaban J connectivity index is 1.75. The number of hydrogen-bond donors (Lipinski definition) is 2. The lowest BCUT2D eigenvalue weighted by Crippen LogP contribution is -2.42. The summed E-state index contributed by atoms with van der Waals surface area (Å²) in [6.07, 6.45) is 0. The summed E-state index contributed by atoms with van der Waals surface area (Å²) in [4.78, 5) is 24.3. The number of halogens is 1. The van der Waals surface area contributed by atoms with E-state index in [4.69, 9.17) is 11.6 Å². The van der Waals surface area contributed by atoms with Gasteiger partial charge in [0.1, 0.15) is 0 Å². The minimum Gasteiger partial charge on any atom is -0.320 e. The summed E-state index contributed by atoms with van der Waals surface area (Å²) < 4.78 is 0. The highest BCUT2D eigenvalue weighted by Crippen LogP contribution is 2.22. The van der Waals surface area contributed by atoms with Crippen molar-refractivity contribution in [1.82, 2.24) is 5.43 Å². The fraction of sp³-hybridized carbons (Fsp3) is 0.0667. The number of rotatable bonds is 3. The number of nitrogens with one attached hydrogen (secondary N) is 2. The molecule has 0 atom stereocenters. The Morgan fingerprint density at radius 2 is 1.40 bits per heavy atom. The van der Waals surface area contributed by atoms with E-state index in [1.807, 2.05) is 0 Å². The van der Waals surface area contributed by atoms with Crippen molar-refractivity contribution >= 4 is 28.9 Å². The molecule has 0 aromatic heterocycles. The zero-order valence-electron chi connectivity index (χ0n) is 10.4. The van der Waals surface area contributed by atoms with Crippen LogP contribution in [0.15, 0.2) is 48.5 Å². The van der Waals surface area contributed by atoms with Crippen molar-refractivity contribution < 1.29 is 9.59 Å². The standard InChI is InChI=1S/C15H11ClN2O2/c16-9-5-7-10(8-6-9)17-18-13-14(19)11-3-1-2-4-12(11)15(13)20/h1-8,13,17-18H. The molecule has 0 aliphatic heterocycles. The molecule has 0 radical (unpaired) electrons. The summed E-state index contributed by atoms with van der Waals surface area (Å²) in [7, 11) is 0. The lowest BCUT2D eigenvalue weighted by molar-refractivity contribution is 0.0874. The van der Waals surface area contributed by atoms with E-state index < -0.39 is 6.04 Å². The van der Waals surface area contributed by atoms with E-state index in [0.29, 0.717) is 16.1 Å². The van der Waals surface area contributed by atoms with E-state index in [1.165, 1.54) is 0 Å². The van der Waals surface area contributed by atoms with Crippen molar-refractivity contribution in [2.75, 3.05) is 5.43 Å². The number of benzene rings is 2. The first-order valence-electron chi connectivity index (χ1n) is 6.11. The summed E-state index contributed by atoms with van der Waals surface area (Å²) in [6, 6.07) is 12.9. The van der Waals surface area contributed by atoms with E-state index in [1.54, 1.807) is 48.5 Å². The van der Waals surface area contributed by atoms with Crippen molar-refractivity contribution in [3.63, 3.8) is 0 Å². The van der Waals surface area contributed by atoms with E-state index in [0.717, 1.165) is 5.69 Å². The maximum atomic E-state index is 12.1. The van der Waals surface area contributed by atoms with E-state index in [-0.39, 0.29) is 11.6 Å². The van der Waals surface area contributed by atoms with Gasteiger partial charge >= 0.3 is 0 Å². The van der Waals surface area contributed by atoms with E-state index in [9.17, 15) is 9.59 Å². The van der Waals surface area contributed by atoms with Crippen LogP contribution in [0.4, 0.5) is 5.69 Å². The van der Waals surface area contributed by atoms with Gasteiger partial charge in [-0.25, -0.2) is 5.43 Å². The predicted octanol–water partition coefficient (Wildman–Crippen LogP) is 2.70. The Labute approximate surface area is 120 Å². The van der Waals surface area contributed by atoms with Gasteiger partial charge in [-0.2, -0.15) is 0 Å². The van der Waals surface area contributed by atoms with Crippen molar-refractivity contribution in [2.45, 2.75) is 6.04 Å². The monoisotopic (exact) mass is 286 g/mol. The molecule has 0 bridgehead atoms. The molecule has 4 nitrogen and oxygen atoms in total. The lowest BCUT2D eigenvalue weighted by atomic mass is 10.1. The molecule has 2 aromatic rings. The van der Waals surface area contributed by atoms with Gasteiger partial charge < -0.3 is 5.43 Å². The molecule has 0 unspecified atom stereocenters. The minimum absolute atomic E-state index is 0.216. The van der Waals surface area contributed by atoms with Gasteiger partial charge in [0.15, 0.2) is 17.6 Å². The maximum absolute atomic E-state index is 12.1. The Morgan fingerprint density at radius 3 is 1.95 bits per heavy atom. The largest absolute Gasteiger partial charge is 0.320 e. The fourth-order valence-electron chi connectivity index (χ4n) is 2.16. The molecule has 1 aliphatic rings. The van der Waals surface area contributed by atoms with Gasteiger partial charge in [0, 0.05) is 21.8 Å². The van der Waals surface area contributed by atoms with Gasteiger partial charge in [0.25, 0.3) is 0 Å². The molecule has 0 amide bonds. The van der Waals surface area contributed by atoms with Crippen LogP contribution in [0, 0.1) is 0 Å². The Bertz CT molecular complexity index is 648. The third-order valence-electron chi connectivity index (χ3n) is 3.19. The van der Waals surface area contributed by atoms with Crippen molar-refractivity contribution in [2.24, 2.45) is 0 Å². The highest BCUT2D eigenvalue weighted by molar-refractivity contribution is 6.30. The average molecular weight is 287 g/mol. The number of ketones is 2. The molecular formula is C15H11ClN2O2. The summed E-state index contributed by atoms with van der Waals surface area (Å²) in [5, 5.41) is 0.621. The van der Waals surface area contributed by atoms with Crippen LogP contribution in [0.3, 0.4) is 0 Å². The van der Waals surface area contributed by atoms with Gasteiger partial charge in [-0.05, 0) is 24.3 Å². The van der Waals surface area contributed by atoms with Gasteiger partial charge in [-0.1, -0.05) is 35.9 Å². The topological polar surface area (TPSA) is 58.2 Å². The molecule has 1 aliphatic carbocycles. The minimum atomic E-state index is -0.886. The number of hydrazine groups is 1. The summed E-state index contributed by atoms with van der Waals surface area (Å²) in [6.45, 7) is 0. The highest BCUT2D eigenvalue weighted by Gasteiger charge is 2.37. The SMILES string of the molecule is O=C1c2ccccc2C(=O)C1NNc1ccc(Cl)cc1. The number of fused-ring (bicyclic) bond motifs is 1. The molecule has 0 heterocycles. The van der Waals surface area contributed by atoms with Crippen LogP contribution in [0.25, 0.3) is 0 Å². The number of Topliss-reactive ketones (excluding diaryl/α,β-unsaturated/α-hetero) is 2. The van der Waals surface area contributed by atoms with Crippen molar-refractivity contribution in [1.29, 1.82) is 0 Å². The number of carbonyl (C=O) groups excluding carboxylic acids is 2. The fourth-order valence-corrected chi connectivity index (χ4v) is 2.29. The molecule has 3 rings (SSSR count). The van der Waals surface area contributed by atoms with Crippen molar-refractivity contribution in [3.8, 4) is 0 Å². The van der Waals surface area contributed by atoms with Gasteiger partial charge in [0.05, 0.1) is 0 Å². The quantitative estimate of drug-likeness (QED) is 0.673. The molecule has 2 aromatic carbocycles. The smallest absolute Gasteiger partial charge is 0.190 e. The third-order valence-corrected chi connectivity index (χ3v) is 3.44. The second-order valence-electron chi connectivity index (χ2n) is 4.48. The lowest BCUT2D eigenvalue weighted by Gasteiger charge is -2.12. The summed E-state index contributed by atoms with van der Waals surface area (Å²) >= 11 is 5.79. The Morgan fingerprint density at radius 1 is 0.850 bits per heavy atom.